The first kappa shape index (κ1) is 30.0. The molecule has 2 atom stereocenters. The third-order valence-corrected chi connectivity index (χ3v) is 6.59. The van der Waals surface area contributed by atoms with Gasteiger partial charge in [-0.25, -0.2) is 0 Å². The Morgan fingerprint density at radius 3 is 2.59 bits per heavy atom. The van der Waals surface area contributed by atoms with Gasteiger partial charge in [0.1, 0.15) is 18.0 Å². The number of halogens is 1. The van der Waals surface area contributed by atoms with E-state index in [4.69, 9.17) is 21.1 Å². The summed E-state index contributed by atoms with van der Waals surface area (Å²) in [7, 11) is 0. The van der Waals surface area contributed by atoms with Crippen LogP contribution in [0.1, 0.15) is 34.5 Å². The van der Waals surface area contributed by atoms with Gasteiger partial charge in [-0.15, -0.1) is 0 Å². The van der Waals surface area contributed by atoms with Crippen molar-refractivity contribution in [3.63, 3.8) is 0 Å². The number of nitrogens with zero attached hydrogens (tertiary/aromatic N) is 1. The molecule has 1 amide bonds. The van der Waals surface area contributed by atoms with Gasteiger partial charge in [-0.05, 0) is 73.0 Å². The van der Waals surface area contributed by atoms with E-state index < -0.39 is 18.0 Å². The molecule has 9 nitrogen and oxygen atoms in total. The van der Waals surface area contributed by atoms with Gasteiger partial charge in [0.05, 0.1) is 24.8 Å². The van der Waals surface area contributed by atoms with Crippen LogP contribution in [-0.2, 0) is 16.0 Å². The number of ether oxygens (including phenoxy) is 2. The van der Waals surface area contributed by atoms with Gasteiger partial charge < -0.3 is 30.3 Å². The zero-order valence-electron chi connectivity index (χ0n) is 22.5. The number of aromatic nitrogens is 1. The van der Waals surface area contributed by atoms with Crippen molar-refractivity contribution >= 4 is 34.4 Å². The Kier molecular flexibility index (Phi) is 10.6. The number of rotatable bonds is 13. The molecule has 4 N–H and O–H groups in total. The fourth-order valence-corrected chi connectivity index (χ4v) is 4.43. The van der Waals surface area contributed by atoms with Crippen LogP contribution in [0.25, 0.3) is 10.9 Å². The first-order valence-corrected chi connectivity index (χ1v) is 13.6. The molecule has 0 saturated heterocycles. The van der Waals surface area contributed by atoms with E-state index in [-0.39, 0.29) is 32.3 Å². The van der Waals surface area contributed by atoms with Crippen LogP contribution >= 0.6 is 11.6 Å². The highest BCUT2D eigenvalue weighted by molar-refractivity contribution is 6.30. The second-order valence-corrected chi connectivity index (χ2v) is 9.77. The summed E-state index contributed by atoms with van der Waals surface area (Å²) in [5, 5.41) is 27.3. The zero-order chi connectivity index (χ0) is 29.2. The summed E-state index contributed by atoms with van der Waals surface area (Å²) in [6.07, 6.45) is 1.41. The molecule has 0 aliphatic rings. The van der Waals surface area contributed by atoms with Gasteiger partial charge in [0, 0.05) is 34.8 Å². The Morgan fingerprint density at radius 2 is 1.85 bits per heavy atom. The zero-order valence-corrected chi connectivity index (χ0v) is 23.3. The maximum absolute atomic E-state index is 12.4. The predicted molar refractivity (Wildman–Crippen MR) is 156 cm³/mol. The highest BCUT2D eigenvalue weighted by Gasteiger charge is 2.14. The van der Waals surface area contributed by atoms with E-state index in [1.54, 1.807) is 61.7 Å². The molecule has 4 aromatic rings. The Labute approximate surface area is 243 Å². The highest BCUT2D eigenvalue weighted by Crippen LogP contribution is 2.29. The van der Waals surface area contributed by atoms with E-state index in [2.05, 4.69) is 15.6 Å². The van der Waals surface area contributed by atoms with E-state index in [0.29, 0.717) is 39.6 Å². The molecular weight excluding hydrogens is 546 g/mol. The number of hydrogen-bond donors (Lipinski definition) is 4. The largest absolute Gasteiger partial charge is 0.465 e. The molecule has 10 heteroatoms. The van der Waals surface area contributed by atoms with Crippen molar-refractivity contribution in [2.75, 3.05) is 26.3 Å². The first-order chi connectivity index (χ1) is 19.9. The van der Waals surface area contributed by atoms with Crippen molar-refractivity contribution in [2.24, 2.45) is 0 Å². The van der Waals surface area contributed by atoms with E-state index in [9.17, 15) is 19.8 Å². The smallest absolute Gasteiger partial charge is 0.325 e. The molecule has 0 fully saturated rings. The number of pyridine rings is 1. The van der Waals surface area contributed by atoms with Crippen LogP contribution in [0.2, 0.25) is 5.02 Å². The molecule has 0 radical (unpaired) electrons. The van der Waals surface area contributed by atoms with Crippen molar-refractivity contribution in [1.29, 1.82) is 0 Å². The lowest BCUT2D eigenvalue weighted by Gasteiger charge is -2.19. The summed E-state index contributed by atoms with van der Waals surface area (Å²) in [5.41, 5.74) is 2.63. The van der Waals surface area contributed by atoms with E-state index >= 15 is 0 Å². The van der Waals surface area contributed by atoms with Gasteiger partial charge >= 0.3 is 5.97 Å². The summed E-state index contributed by atoms with van der Waals surface area (Å²) in [4.78, 5) is 28.3. The number of aliphatic hydroxyl groups excluding tert-OH is 2. The number of benzene rings is 3. The molecule has 0 aliphatic heterocycles. The molecule has 4 rings (SSSR count). The van der Waals surface area contributed by atoms with Gasteiger partial charge in [-0.1, -0.05) is 35.9 Å². The van der Waals surface area contributed by atoms with Crippen LogP contribution in [0.5, 0.6) is 11.5 Å². The van der Waals surface area contributed by atoms with Gasteiger partial charge in [-0.3, -0.25) is 14.6 Å². The lowest BCUT2D eigenvalue weighted by Crippen LogP contribution is -2.37. The Morgan fingerprint density at radius 1 is 1.05 bits per heavy atom. The number of carbonyl (C=O) groups is 2. The average Bonchev–Trinajstić information content (AvgIpc) is 2.98. The minimum Gasteiger partial charge on any atom is -0.465 e. The Balaban J connectivity index is 1.35. The third kappa shape index (κ3) is 8.48. The van der Waals surface area contributed by atoms with Crippen molar-refractivity contribution in [1.82, 2.24) is 15.6 Å². The summed E-state index contributed by atoms with van der Waals surface area (Å²) >= 11 is 6.01. The number of aliphatic hydroxyl groups is 2. The molecule has 1 heterocycles. The standard InChI is InChI=1S/C31H32ClN3O6/c1-2-40-30(38)18-35-31(39)22-8-11-26-27(16-22)33-13-12-29(26)41-25-9-6-20(7-10-25)14-24(19-36)34-17-28(37)21-4-3-5-23(32)15-21/h3-13,15-16,24,28,34,36-37H,2,14,17-19H2,1H3,(H,35,39)/t24-,28-/m0/s1. The molecule has 0 saturated carbocycles. The van der Waals surface area contributed by atoms with E-state index in [1.807, 2.05) is 24.3 Å². The minimum atomic E-state index is -0.747. The number of fused-ring (bicyclic) bond motifs is 1. The van der Waals surface area contributed by atoms with E-state index in [1.165, 1.54) is 0 Å². The van der Waals surface area contributed by atoms with Crippen molar-refractivity contribution in [2.45, 2.75) is 25.5 Å². The molecule has 0 unspecified atom stereocenters. The fraction of sp³-hybridized carbons (Fsp3) is 0.258. The highest BCUT2D eigenvalue weighted by atomic mass is 35.5. The second-order valence-electron chi connectivity index (χ2n) is 9.34. The first-order valence-electron chi connectivity index (χ1n) is 13.2. The van der Waals surface area contributed by atoms with Gasteiger partial charge in [0.2, 0.25) is 0 Å². The lowest BCUT2D eigenvalue weighted by atomic mass is 10.0. The topological polar surface area (TPSA) is 130 Å². The molecule has 1 aromatic heterocycles. The van der Waals surface area contributed by atoms with Crippen LogP contribution in [0.3, 0.4) is 0 Å². The molecule has 0 aliphatic carbocycles. The number of esters is 1. The lowest BCUT2D eigenvalue weighted by molar-refractivity contribution is -0.141. The Bertz CT molecular complexity index is 1480. The molecule has 0 spiro atoms. The van der Waals surface area contributed by atoms with E-state index in [0.717, 1.165) is 10.9 Å². The molecular formula is C31H32ClN3O6. The predicted octanol–water partition coefficient (Wildman–Crippen LogP) is 4.20. The number of hydrogen-bond acceptors (Lipinski definition) is 8. The van der Waals surface area contributed by atoms with Gasteiger partial charge in [0.25, 0.3) is 5.91 Å². The molecule has 3 aromatic carbocycles. The summed E-state index contributed by atoms with van der Waals surface area (Å²) in [5.74, 6) is 0.282. The maximum atomic E-state index is 12.4. The van der Waals surface area contributed by atoms with Crippen LogP contribution in [0.15, 0.2) is 79.0 Å². The minimum absolute atomic E-state index is 0.0909. The van der Waals surface area contributed by atoms with Crippen molar-refractivity contribution in [3.8, 4) is 11.5 Å². The van der Waals surface area contributed by atoms with Crippen molar-refractivity contribution in [3.05, 3.63) is 101 Å². The second kappa shape index (κ2) is 14.6. The van der Waals surface area contributed by atoms with Crippen LogP contribution in [-0.4, -0.2) is 59.4 Å². The molecule has 0 bridgehead atoms. The summed E-state index contributed by atoms with van der Waals surface area (Å²) in [6, 6.07) is 21.1. The third-order valence-electron chi connectivity index (χ3n) is 6.35. The van der Waals surface area contributed by atoms with Crippen LogP contribution in [0.4, 0.5) is 0 Å². The normalized spacial score (nSPS) is 12.5. The van der Waals surface area contributed by atoms with Crippen molar-refractivity contribution < 1.29 is 29.3 Å². The quantitative estimate of drug-likeness (QED) is 0.174. The number of amides is 1. The van der Waals surface area contributed by atoms with Gasteiger partial charge in [0.15, 0.2) is 0 Å². The summed E-state index contributed by atoms with van der Waals surface area (Å²) < 4.78 is 10.9. The summed E-state index contributed by atoms with van der Waals surface area (Å²) in [6.45, 7) is 1.92. The molecule has 41 heavy (non-hydrogen) atoms. The maximum Gasteiger partial charge on any atom is 0.325 e. The molecule has 214 valence electrons. The average molecular weight is 578 g/mol. The monoisotopic (exact) mass is 577 g/mol. The number of carbonyl (C=O) groups excluding carboxylic acids is 2. The Hall–Kier alpha value is -4.02. The number of nitrogens with one attached hydrogen (secondary N) is 2. The van der Waals surface area contributed by atoms with Gasteiger partial charge in [-0.2, -0.15) is 0 Å². The fourth-order valence-electron chi connectivity index (χ4n) is 4.23. The SMILES string of the molecule is CCOC(=O)CNC(=O)c1ccc2c(Oc3ccc(C[C@@H](CO)NC[C@H](O)c4cccc(Cl)c4)cc3)ccnc2c1. The van der Waals surface area contributed by atoms with Crippen LogP contribution < -0.4 is 15.4 Å². The van der Waals surface area contributed by atoms with Crippen LogP contribution in [0, 0.1) is 0 Å².